The lowest BCUT2D eigenvalue weighted by Crippen LogP contribution is -2.58. The molecule has 3 amide bonds. The van der Waals surface area contributed by atoms with Crippen LogP contribution in [0.3, 0.4) is 0 Å². The van der Waals surface area contributed by atoms with Crippen molar-refractivity contribution >= 4 is 40.8 Å². The van der Waals surface area contributed by atoms with Crippen LogP contribution in [0.25, 0.3) is 0 Å². The zero-order valence-electron chi connectivity index (χ0n) is 32.8. The molecule has 3 aromatic rings. The third-order valence-electron chi connectivity index (χ3n) is 10.7. The summed E-state index contributed by atoms with van der Waals surface area (Å²) in [6.45, 7) is 12.9. The van der Waals surface area contributed by atoms with E-state index in [1.54, 1.807) is 4.90 Å². The van der Waals surface area contributed by atoms with E-state index in [0.717, 1.165) is 53.8 Å². The number of rotatable bonds is 18. The molecule has 5 atom stereocenters. The fourth-order valence-electron chi connectivity index (χ4n) is 7.11. The Hall–Kier alpha value is -4.42. The summed E-state index contributed by atoms with van der Waals surface area (Å²) in [5.41, 5.74) is 3.53. The molecule has 3 N–H and O–H groups in total. The number of nitrogens with one attached hydrogen (secondary N) is 2. The molecule has 4 rings (SSSR count). The predicted molar refractivity (Wildman–Crippen MR) is 212 cm³/mol. The van der Waals surface area contributed by atoms with Crippen molar-refractivity contribution in [2.24, 2.45) is 11.8 Å². The molecule has 3 unspecified atom stereocenters. The first-order chi connectivity index (χ1) is 25.7. The molecule has 292 valence electrons. The van der Waals surface area contributed by atoms with Crippen LogP contribution < -0.4 is 10.6 Å². The van der Waals surface area contributed by atoms with Gasteiger partial charge in [0.25, 0.3) is 5.91 Å². The first-order valence-electron chi connectivity index (χ1n) is 19.1. The van der Waals surface area contributed by atoms with E-state index in [1.807, 2.05) is 97.1 Å². The summed E-state index contributed by atoms with van der Waals surface area (Å²) in [5.74, 6) is -3.19. The van der Waals surface area contributed by atoms with Gasteiger partial charge < -0.3 is 20.6 Å². The SMILES string of the molecule is CCC(C)C(NC(=O)C1CCCCN1C)C(=O)N(Cc1ccccc1)[C@H](CC(=O)c1nc(C(=O)NCC[C@@H](C(=O)O)c2cc(C)ccc2C)cs1)C(C)C. The van der Waals surface area contributed by atoms with E-state index in [2.05, 4.69) is 20.5 Å². The van der Waals surface area contributed by atoms with Gasteiger partial charge in [0.2, 0.25) is 11.8 Å². The van der Waals surface area contributed by atoms with Crippen LogP contribution in [0.5, 0.6) is 0 Å². The minimum Gasteiger partial charge on any atom is -0.481 e. The molecule has 11 nitrogen and oxygen atoms in total. The zero-order valence-corrected chi connectivity index (χ0v) is 33.6. The zero-order chi connectivity index (χ0) is 39.5. The quantitative estimate of drug-likeness (QED) is 0.126. The third kappa shape index (κ3) is 11.1. The minimum absolute atomic E-state index is 0.0204. The number of piperidine rings is 1. The van der Waals surface area contributed by atoms with Gasteiger partial charge in [-0.05, 0) is 75.2 Å². The van der Waals surface area contributed by atoms with Gasteiger partial charge in [-0.25, -0.2) is 4.98 Å². The Bertz CT molecular complexity index is 1760. The second-order valence-corrected chi connectivity index (χ2v) is 15.9. The number of likely N-dealkylation sites (tertiary alicyclic amines) is 1. The first-order valence-corrected chi connectivity index (χ1v) is 20.0. The lowest BCUT2D eigenvalue weighted by atomic mass is 9.91. The second kappa shape index (κ2) is 19.8. The van der Waals surface area contributed by atoms with E-state index in [0.29, 0.717) is 12.0 Å². The molecule has 54 heavy (non-hydrogen) atoms. The fraction of sp³-hybridized carbons (Fsp3) is 0.524. The van der Waals surface area contributed by atoms with E-state index >= 15 is 0 Å². The Labute approximate surface area is 323 Å². The normalized spacial score (nSPS) is 16.9. The summed E-state index contributed by atoms with van der Waals surface area (Å²) in [4.78, 5) is 75.6. The monoisotopic (exact) mass is 759 g/mol. The highest BCUT2D eigenvalue weighted by Gasteiger charge is 2.38. The van der Waals surface area contributed by atoms with Crippen LogP contribution in [0.4, 0.5) is 0 Å². The highest BCUT2D eigenvalue weighted by Crippen LogP contribution is 2.27. The van der Waals surface area contributed by atoms with Crippen LogP contribution in [-0.4, -0.2) is 87.6 Å². The molecule has 0 aliphatic carbocycles. The number of aryl methyl sites for hydroxylation is 2. The van der Waals surface area contributed by atoms with Gasteiger partial charge in [0.1, 0.15) is 11.7 Å². The highest BCUT2D eigenvalue weighted by molar-refractivity contribution is 7.12. The largest absolute Gasteiger partial charge is 0.481 e. The molecule has 2 heterocycles. The van der Waals surface area contributed by atoms with Gasteiger partial charge in [0.15, 0.2) is 10.8 Å². The van der Waals surface area contributed by atoms with E-state index in [4.69, 9.17) is 0 Å². The molecule has 0 bridgehead atoms. The molecular weight excluding hydrogens is 703 g/mol. The van der Waals surface area contributed by atoms with Crippen molar-refractivity contribution in [2.75, 3.05) is 20.1 Å². The number of ketones is 1. The second-order valence-electron chi connectivity index (χ2n) is 15.1. The average Bonchev–Trinajstić information content (AvgIpc) is 3.65. The molecule has 0 radical (unpaired) electrons. The van der Waals surface area contributed by atoms with E-state index < -0.39 is 29.9 Å². The lowest BCUT2D eigenvalue weighted by molar-refractivity contribution is -0.142. The van der Waals surface area contributed by atoms with Crippen LogP contribution in [0, 0.1) is 25.7 Å². The number of carbonyl (C=O) groups excluding carboxylic acids is 4. The summed E-state index contributed by atoms with van der Waals surface area (Å²) in [6.07, 6.45) is 3.58. The van der Waals surface area contributed by atoms with E-state index in [9.17, 15) is 29.1 Å². The molecule has 1 fully saturated rings. The van der Waals surface area contributed by atoms with Crippen LogP contribution in [0.1, 0.15) is 115 Å². The van der Waals surface area contributed by atoms with Gasteiger partial charge >= 0.3 is 5.97 Å². The van der Waals surface area contributed by atoms with Gasteiger partial charge in [-0.15, -0.1) is 11.3 Å². The van der Waals surface area contributed by atoms with Gasteiger partial charge in [0, 0.05) is 30.9 Å². The van der Waals surface area contributed by atoms with E-state index in [-0.39, 0.29) is 72.1 Å². The van der Waals surface area contributed by atoms with Crippen molar-refractivity contribution in [3.63, 3.8) is 0 Å². The van der Waals surface area contributed by atoms with Gasteiger partial charge in [-0.1, -0.05) is 94.6 Å². The number of amides is 3. The number of nitrogens with zero attached hydrogens (tertiary/aromatic N) is 3. The van der Waals surface area contributed by atoms with Crippen molar-refractivity contribution in [1.29, 1.82) is 0 Å². The number of aromatic nitrogens is 1. The topological polar surface area (TPSA) is 149 Å². The van der Waals surface area contributed by atoms with E-state index in [1.165, 1.54) is 5.38 Å². The molecule has 1 saturated heterocycles. The molecule has 1 aromatic heterocycles. The Morgan fingerprint density at radius 1 is 1.04 bits per heavy atom. The number of hydrogen-bond donors (Lipinski definition) is 3. The maximum atomic E-state index is 14.7. The Kier molecular flexibility index (Phi) is 15.5. The number of carboxylic acids is 1. The number of carbonyl (C=O) groups is 5. The third-order valence-corrected chi connectivity index (χ3v) is 11.6. The summed E-state index contributed by atoms with van der Waals surface area (Å²) in [5, 5.41) is 17.5. The number of thiazole rings is 1. The van der Waals surface area contributed by atoms with Crippen molar-refractivity contribution in [3.8, 4) is 0 Å². The summed E-state index contributed by atoms with van der Waals surface area (Å²) in [7, 11) is 1.95. The number of aliphatic carboxylic acids is 1. The van der Waals surface area contributed by atoms with Crippen molar-refractivity contribution < 1.29 is 29.1 Å². The molecule has 12 heteroatoms. The molecule has 0 spiro atoms. The summed E-state index contributed by atoms with van der Waals surface area (Å²) in [6, 6.07) is 13.7. The lowest BCUT2D eigenvalue weighted by Gasteiger charge is -2.39. The summed E-state index contributed by atoms with van der Waals surface area (Å²) < 4.78 is 0. The van der Waals surface area contributed by atoms with Gasteiger partial charge in [0.05, 0.1) is 12.0 Å². The summed E-state index contributed by atoms with van der Waals surface area (Å²) >= 11 is 1.07. The van der Waals surface area contributed by atoms with Crippen molar-refractivity contribution in [1.82, 2.24) is 25.4 Å². The molecular formula is C42H57N5O6S. The number of carboxylic acid groups (broad SMARTS) is 1. The number of hydrogen-bond acceptors (Lipinski definition) is 8. The number of Topliss-reactive ketones (excluding diaryl/α,β-unsaturated/α-hetero) is 1. The molecule has 1 aliphatic rings. The van der Waals surface area contributed by atoms with Crippen molar-refractivity contribution in [3.05, 3.63) is 86.9 Å². The Balaban J connectivity index is 1.51. The van der Waals surface area contributed by atoms with Crippen molar-refractivity contribution in [2.45, 2.75) is 111 Å². The first kappa shape index (κ1) is 42.3. The van der Waals surface area contributed by atoms with Crippen LogP contribution in [0.15, 0.2) is 53.9 Å². The predicted octanol–water partition coefficient (Wildman–Crippen LogP) is 6.39. The smallest absolute Gasteiger partial charge is 0.311 e. The molecule has 0 saturated carbocycles. The van der Waals surface area contributed by atoms with Gasteiger partial charge in [-0.2, -0.15) is 0 Å². The minimum atomic E-state index is -0.964. The maximum Gasteiger partial charge on any atom is 0.311 e. The Morgan fingerprint density at radius 3 is 2.41 bits per heavy atom. The number of likely N-dealkylation sites (N-methyl/N-ethyl adjacent to an activating group) is 1. The van der Waals surface area contributed by atoms with Crippen LogP contribution >= 0.6 is 11.3 Å². The Morgan fingerprint density at radius 2 is 1.76 bits per heavy atom. The maximum absolute atomic E-state index is 14.7. The highest BCUT2D eigenvalue weighted by atomic mass is 32.1. The van der Waals surface area contributed by atoms with Crippen LogP contribution in [-0.2, 0) is 20.9 Å². The fourth-order valence-corrected chi connectivity index (χ4v) is 7.86. The standard InChI is InChI=1S/C42H57N5O6S/c1-8-28(5)37(45-39(50)34-16-12-13-21-46(34)7)41(51)47(24-30-14-10-9-11-15-30)35(26(2)3)23-36(48)40-44-33(25-54-40)38(49)43-20-19-31(42(52)53)32-22-27(4)17-18-29(32)6/h9-11,14-15,17-18,22,25-26,28,31,34-35,37H,8,12-13,16,19-21,23-24H2,1-7H3,(H,43,49)(H,45,50)(H,52,53)/t28?,31-,34?,35-,37?/m1/s1. The van der Waals surface area contributed by atoms with Crippen LogP contribution in [0.2, 0.25) is 0 Å². The van der Waals surface area contributed by atoms with Gasteiger partial charge in [-0.3, -0.25) is 28.9 Å². The molecule has 2 aromatic carbocycles. The number of benzene rings is 2. The average molecular weight is 760 g/mol. The molecule has 1 aliphatic heterocycles.